The molecule has 0 aromatic rings. The number of aliphatic carboxylic acids is 1. The molecule has 0 amide bonds. The molecule has 0 bridgehead atoms. The predicted molar refractivity (Wildman–Crippen MR) is 151 cm³/mol. The number of hydrogen-bond acceptors (Lipinski definition) is 14. The van der Waals surface area contributed by atoms with E-state index in [0.29, 0.717) is 0 Å². The van der Waals surface area contributed by atoms with Crippen LogP contribution < -0.4 is 143 Å². The van der Waals surface area contributed by atoms with Crippen LogP contribution in [-0.2, 0) is 62.1 Å². The Balaban J connectivity index is -0.0000000758. The summed E-state index contributed by atoms with van der Waals surface area (Å²) in [6.07, 6.45) is -1.36. The Kier molecular flexibility index (Phi) is 48.4. The Morgan fingerprint density at radius 1 is 0.822 bits per heavy atom. The number of carbonyl (C=O) groups is 7. The first-order valence-electron chi connectivity index (χ1n) is 13.0. The zero-order valence-corrected chi connectivity index (χ0v) is 42.3. The Labute approximate surface area is 393 Å². The zero-order chi connectivity index (χ0) is 36.1. The molecular formula is C26H46BrCs2FO15. The van der Waals surface area contributed by atoms with Gasteiger partial charge in [-0.05, 0) is 64.4 Å². The number of esters is 5. The summed E-state index contributed by atoms with van der Waals surface area (Å²) in [6.45, 7) is 16.0. The molecule has 0 aliphatic rings. The van der Waals surface area contributed by atoms with E-state index in [9.17, 15) is 33.2 Å². The molecule has 15 nitrogen and oxygen atoms in total. The Hall–Kier alpha value is 0.764. The fourth-order valence-corrected chi connectivity index (χ4v) is 2.19. The molecule has 0 saturated carbocycles. The molecule has 256 valence electrons. The van der Waals surface area contributed by atoms with Crippen molar-refractivity contribution in [1.82, 2.24) is 0 Å². The van der Waals surface area contributed by atoms with Crippen molar-refractivity contribution in [3.8, 4) is 0 Å². The standard InChI is InChI=1S/C12H20O6.C8H14O4.C4H7BrO2.CH3F.CH2O3.2Cs.H/c1-8(13)16-9(2)17-10(14)6-7-11(15)18-12(3,4)5;1-8(2,3)12-7(11)5-4-6(9)10;1-3(5)7-4(2)6;1-2;2-1-4-3;;;/h9H,6-7H2,1-5H3;4-5H2,1-3H3,(H,9,10);3H,1-2H3;1H3;1,3H;;;/q;;;;;2*+1;-1/p-1/i;;;1D;;;;. The molecule has 19 heteroatoms. The second kappa shape index (κ2) is 37.6. The fraction of sp³-hybridized carbons (Fsp3) is 0.731. The van der Waals surface area contributed by atoms with Gasteiger partial charge in [-0.3, -0.25) is 38.0 Å². The minimum Gasteiger partial charge on any atom is -1.00 e. The van der Waals surface area contributed by atoms with E-state index in [2.05, 4.69) is 30.3 Å². The second-order valence-electron chi connectivity index (χ2n) is 9.58. The van der Waals surface area contributed by atoms with E-state index in [1.807, 2.05) is 0 Å². The van der Waals surface area contributed by atoms with Crippen molar-refractivity contribution in [3.63, 3.8) is 0 Å². The number of halogens is 2. The molecule has 2 atom stereocenters. The van der Waals surface area contributed by atoms with Gasteiger partial charge in [0.15, 0.2) is 5.01 Å². The Morgan fingerprint density at radius 3 is 1.36 bits per heavy atom. The van der Waals surface area contributed by atoms with Crippen LogP contribution in [-0.4, -0.2) is 77.1 Å². The molecule has 2 unspecified atom stereocenters. The number of carboxylic acids is 1. The topological polar surface area (TPSA) is 218 Å². The molecule has 0 fully saturated rings. The number of hydrogen-bond donors (Lipinski definition) is 1. The quantitative estimate of drug-likeness (QED) is 0.0445. The number of ether oxygens (including phenoxy) is 5. The van der Waals surface area contributed by atoms with Crippen molar-refractivity contribution in [2.75, 3.05) is 7.15 Å². The van der Waals surface area contributed by atoms with Gasteiger partial charge in [0.05, 0.1) is 34.2 Å². The zero-order valence-electron chi connectivity index (χ0n) is 30.2. The summed E-state index contributed by atoms with van der Waals surface area (Å²) < 4.78 is 39.3. The predicted octanol–water partition coefficient (Wildman–Crippen LogP) is -2.82. The first kappa shape index (κ1) is 58.0. The van der Waals surface area contributed by atoms with Gasteiger partial charge in [-0.25, -0.2) is 0 Å². The van der Waals surface area contributed by atoms with E-state index < -0.39 is 54.5 Å². The van der Waals surface area contributed by atoms with Crippen molar-refractivity contribution < 1.29 is 217 Å². The molecule has 0 spiro atoms. The first-order chi connectivity index (χ1) is 19.9. The van der Waals surface area contributed by atoms with Gasteiger partial charge >= 0.3 is 174 Å². The average Bonchev–Trinajstić information content (AvgIpc) is 2.79. The smallest absolute Gasteiger partial charge is 1.00 e. The maximum atomic E-state index is 11.3. The van der Waals surface area contributed by atoms with E-state index in [1.54, 1.807) is 48.5 Å². The van der Waals surface area contributed by atoms with Crippen LogP contribution in [0, 0.1) is 0 Å². The number of alkyl halides is 2. The van der Waals surface area contributed by atoms with Gasteiger partial charge < -0.3 is 40.4 Å². The molecular weight excluding hydrogens is 917 g/mol. The summed E-state index contributed by atoms with van der Waals surface area (Å²) in [4.78, 5) is 75.4. The number of carbonyl (C=O) groups excluding carboxylic acids is 6. The van der Waals surface area contributed by atoms with Gasteiger partial charge in [0.1, 0.15) is 11.2 Å². The van der Waals surface area contributed by atoms with Crippen molar-refractivity contribution >= 4 is 58.2 Å². The largest absolute Gasteiger partial charge is 1.00 e. The van der Waals surface area contributed by atoms with Gasteiger partial charge in [-0.15, -0.1) is 0 Å². The normalized spacial score (nSPS) is 10.8. The third-order valence-electron chi connectivity index (χ3n) is 2.91. The van der Waals surface area contributed by atoms with Crippen molar-refractivity contribution in [3.05, 3.63) is 0 Å². The van der Waals surface area contributed by atoms with Gasteiger partial charge in [0.2, 0.25) is 6.29 Å². The van der Waals surface area contributed by atoms with Crippen LogP contribution in [0.25, 0.3) is 0 Å². The molecule has 0 heterocycles. The second-order valence-corrected chi connectivity index (χ2v) is 10.9. The van der Waals surface area contributed by atoms with Crippen molar-refractivity contribution in [1.29, 1.82) is 0 Å². The number of rotatable bonds is 10. The van der Waals surface area contributed by atoms with Crippen LogP contribution >= 0.6 is 15.9 Å². The van der Waals surface area contributed by atoms with Crippen LogP contribution in [0.2, 0.25) is 0 Å². The summed E-state index contributed by atoms with van der Waals surface area (Å²) in [7, 11) is -1.00. The molecule has 0 saturated heterocycles. The summed E-state index contributed by atoms with van der Waals surface area (Å²) >= 11 is 3.03. The maximum Gasteiger partial charge on any atom is 1.00 e. The molecule has 1 N–H and O–H groups in total. The Morgan fingerprint density at radius 2 is 1.13 bits per heavy atom. The third kappa shape index (κ3) is 71.8. The van der Waals surface area contributed by atoms with Crippen molar-refractivity contribution in [2.45, 2.75) is 117 Å². The Bertz CT molecular complexity index is 857. The monoisotopic (exact) mass is 963 g/mol. The minimum atomic E-state index is -1.00. The van der Waals surface area contributed by atoms with Gasteiger partial charge in [0, 0.05) is 20.8 Å². The van der Waals surface area contributed by atoms with Crippen LogP contribution in [0.5, 0.6) is 0 Å². The van der Waals surface area contributed by atoms with Gasteiger partial charge in [-0.1, -0.05) is 0 Å². The molecule has 0 aromatic carbocycles. The summed E-state index contributed by atoms with van der Waals surface area (Å²) in [5.41, 5.74) is -1.11. The molecule has 0 aliphatic heterocycles. The molecule has 0 rings (SSSR count). The molecule has 0 aromatic heterocycles. The summed E-state index contributed by atoms with van der Waals surface area (Å²) in [6, 6.07) is 0. The van der Waals surface area contributed by atoms with E-state index in [0.717, 1.165) is 0 Å². The van der Waals surface area contributed by atoms with Crippen molar-refractivity contribution in [2.24, 2.45) is 0 Å². The van der Waals surface area contributed by atoms with E-state index >= 15 is 0 Å². The van der Waals surface area contributed by atoms with E-state index in [-0.39, 0.29) is 182 Å². The third-order valence-corrected chi connectivity index (χ3v) is 3.10. The van der Waals surface area contributed by atoms with Gasteiger partial charge in [0.25, 0.3) is 6.47 Å². The number of carboxylic acid groups (broad SMARTS) is 1. The van der Waals surface area contributed by atoms with Crippen LogP contribution in [0.3, 0.4) is 0 Å². The molecule has 0 radical (unpaired) electrons. The minimum absolute atomic E-state index is 0. The van der Waals surface area contributed by atoms with Crippen LogP contribution in [0.4, 0.5) is 4.39 Å². The van der Waals surface area contributed by atoms with E-state index in [4.69, 9.17) is 30.7 Å². The SMILES string of the molecule is CC(=O)OC(C)Br.CC(=O)OC(C)OC(=O)CCC(=O)OC(C)(C)C.CC(C)(C)OC(=O)CCC(=O)O.O=CO[O-].[2H]CF.[Cs+].[Cs+].[H-]. The first-order valence-corrected chi connectivity index (χ1v) is 13.2. The molecule has 0 aliphatic carbocycles. The van der Waals surface area contributed by atoms with Crippen LogP contribution in [0.1, 0.15) is 97.7 Å². The van der Waals surface area contributed by atoms with E-state index in [1.165, 1.54) is 20.8 Å². The van der Waals surface area contributed by atoms with Gasteiger partial charge in [-0.2, -0.15) is 0 Å². The summed E-state index contributed by atoms with van der Waals surface area (Å²) in [5, 5.41) is 16.5. The summed E-state index contributed by atoms with van der Waals surface area (Å²) in [5.74, 6) is -3.34. The van der Waals surface area contributed by atoms with Crippen LogP contribution in [0.15, 0.2) is 0 Å². The fourth-order valence-electron chi connectivity index (χ4n) is 1.93. The average molecular weight is 964 g/mol. The maximum absolute atomic E-state index is 11.3. The molecule has 45 heavy (non-hydrogen) atoms.